The Morgan fingerprint density at radius 3 is 2.00 bits per heavy atom. The van der Waals surface area contributed by atoms with E-state index in [1.807, 2.05) is 0 Å². The molecule has 0 amide bonds. The molecule has 2 nitrogen and oxygen atoms in total. The molecule has 0 saturated carbocycles. The average molecular weight is 374 g/mol. The van der Waals surface area contributed by atoms with Crippen LogP contribution in [0.15, 0.2) is 54.6 Å². The minimum Gasteiger partial charge on any atom is -0.354 e. The molecule has 0 bridgehead atoms. The molecule has 0 radical (unpaired) electrons. The number of rotatable bonds is 7. The first-order valence-corrected chi connectivity index (χ1v) is 9.58. The summed E-state index contributed by atoms with van der Waals surface area (Å²) in [6.07, 6.45) is 4.12. The summed E-state index contributed by atoms with van der Waals surface area (Å²) in [6.45, 7) is 5.58. The van der Waals surface area contributed by atoms with E-state index in [4.69, 9.17) is 4.74 Å². The third-order valence-corrected chi connectivity index (χ3v) is 5.74. The van der Waals surface area contributed by atoms with E-state index >= 15 is 0 Å². The molecule has 0 aliphatic carbocycles. The SMILES string of the molecule is CCC1(CC)OC(CCCN(C)C)(c2ccccc2)c2ccccc21.Cl. The van der Waals surface area contributed by atoms with E-state index in [2.05, 4.69) is 87.4 Å². The van der Waals surface area contributed by atoms with Gasteiger partial charge in [-0.15, -0.1) is 12.4 Å². The van der Waals surface area contributed by atoms with Crippen molar-refractivity contribution in [1.82, 2.24) is 4.90 Å². The fraction of sp³-hybridized carbons (Fsp3) is 0.478. The van der Waals surface area contributed by atoms with Gasteiger partial charge in [0.15, 0.2) is 0 Å². The van der Waals surface area contributed by atoms with Crippen LogP contribution in [0.2, 0.25) is 0 Å². The maximum atomic E-state index is 7.05. The molecule has 1 heterocycles. The number of hydrogen-bond donors (Lipinski definition) is 0. The Bertz CT molecular complexity index is 696. The first kappa shape index (κ1) is 21.0. The molecule has 0 saturated heterocycles. The van der Waals surface area contributed by atoms with Crippen molar-refractivity contribution in [2.24, 2.45) is 0 Å². The molecule has 2 aromatic carbocycles. The van der Waals surface area contributed by atoms with Gasteiger partial charge in [0.2, 0.25) is 0 Å². The number of halogens is 1. The maximum Gasteiger partial charge on any atom is 0.120 e. The highest BCUT2D eigenvalue weighted by atomic mass is 35.5. The molecule has 1 aliphatic rings. The van der Waals surface area contributed by atoms with Crippen molar-refractivity contribution >= 4 is 12.4 Å². The van der Waals surface area contributed by atoms with Crippen molar-refractivity contribution in [2.75, 3.05) is 20.6 Å². The Balaban J connectivity index is 0.00000243. The van der Waals surface area contributed by atoms with Gasteiger partial charge in [0.25, 0.3) is 0 Å². The van der Waals surface area contributed by atoms with E-state index in [0.29, 0.717) is 0 Å². The summed E-state index contributed by atoms with van der Waals surface area (Å²) in [6, 6.07) is 19.7. The van der Waals surface area contributed by atoms with Crippen LogP contribution >= 0.6 is 12.4 Å². The molecule has 1 unspecified atom stereocenters. The zero-order chi connectivity index (χ0) is 17.9. The lowest BCUT2D eigenvalue weighted by molar-refractivity contribution is -0.131. The van der Waals surface area contributed by atoms with Gasteiger partial charge in [0.05, 0.1) is 5.60 Å². The van der Waals surface area contributed by atoms with Gasteiger partial charge in [-0.25, -0.2) is 0 Å². The average Bonchev–Trinajstić information content (AvgIpc) is 2.94. The van der Waals surface area contributed by atoms with Crippen LogP contribution in [0, 0.1) is 0 Å². The predicted octanol–water partition coefficient (Wildman–Crippen LogP) is 5.74. The lowest BCUT2D eigenvalue weighted by Crippen LogP contribution is -2.33. The van der Waals surface area contributed by atoms with Crippen molar-refractivity contribution in [3.05, 3.63) is 71.3 Å². The number of benzene rings is 2. The fourth-order valence-corrected chi connectivity index (χ4v) is 4.35. The topological polar surface area (TPSA) is 12.5 Å². The minimum absolute atomic E-state index is 0. The van der Waals surface area contributed by atoms with Crippen LogP contribution in [-0.2, 0) is 15.9 Å². The number of ether oxygens (including phenoxy) is 1. The Hall–Kier alpha value is -1.35. The molecular formula is C23H32ClNO. The normalized spacial score (nSPS) is 20.7. The lowest BCUT2D eigenvalue weighted by atomic mass is 9.80. The van der Waals surface area contributed by atoms with Crippen LogP contribution in [0.3, 0.4) is 0 Å². The van der Waals surface area contributed by atoms with Gasteiger partial charge < -0.3 is 9.64 Å². The predicted molar refractivity (Wildman–Crippen MR) is 112 cm³/mol. The molecule has 142 valence electrons. The summed E-state index contributed by atoms with van der Waals surface area (Å²) in [5, 5.41) is 0. The molecule has 3 rings (SSSR count). The van der Waals surface area contributed by atoms with E-state index in [-0.39, 0.29) is 23.6 Å². The van der Waals surface area contributed by atoms with Gasteiger partial charge in [0, 0.05) is 0 Å². The smallest absolute Gasteiger partial charge is 0.120 e. The highest BCUT2D eigenvalue weighted by Gasteiger charge is 2.51. The largest absolute Gasteiger partial charge is 0.354 e. The molecule has 1 aliphatic heterocycles. The van der Waals surface area contributed by atoms with Gasteiger partial charge in [-0.2, -0.15) is 0 Å². The van der Waals surface area contributed by atoms with Crippen molar-refractivity contribution in [3.8, 4) is 0 Å². The van der Waals surface area contributed by atoms with Gasteiger partial charge in [0.1, 0.15) is 5.60 Å². The third kappa shape index (κ3) is 3.55. The molecule has 0 spiro atoms. The van der Waals surface area contributed by atoms with E-state index in [9.17, 15) is 0 Å². The number of nitrogens with zero attached hydrogens (tertiary/aromatic N) is 1. The summed E-state index contributed by atoms with van der Waals surface area (Å²) in [4.78, 5) is 2.26. The quantitative estimate of drug-likeness (QED) is 0.613. The Kier molecular flexibility index (Phi) is 6.90. The Labute approximate surface area is 165 Å². The second-order valence-electron chi connectivity index (χ2n) is 7.45. The second-order valence-corrected chi connectivity index (χ2v) is 7.45. The van der Waals surface area contributed by atoms with Crippen LogP contribution < -0.4 is 0 Å². The Morgan fingerprint density at radius 1 is 0.846 bits per heavy atom. The molecule has 0 N–H and O–H groups in total. The lowest BCUT2D eigenvalue weighted by Gasteiger charge is -2.36. The van der Waals surface area contributed by atoms with E-state index in [1.54, 1.807) is 0 Å². The van der Waals surface area contributed by atoms with E-state index in [1.165, 1.54) is 16.7 Å². The molecule has 1 atom stereocenters. The third-order valence-electron chi connectivity index (χ3n) is 5.74. The number of hydrogen-bond acceptors (Lipinski definition) is 2. The molecule has 3 heteroatoms. The monoisotopic (exact) mass is 373 g/mol. The summed E-state index contributed by atoms with van der Waals surface area (Å²) < 4.78 is 7.05. The molecule has 26 heavy (non-hydrogen) atoms. The second kappa shape index (κ2) is 8.56. The van der Waals surface area contributed by atoms with Crippen LogP contribution in [0.25, 0.3) is 0 Å². The maximum absolute atomic E-state index is 7.05. The highest BCUT2D eigenvalue weighted by Crippen LogP contribution is 2.55. The minimum atomic E-state index is -0.333. The van der Waals surface area contributed by atoms with E-state index in [0.717, 1.165) is 32.2 Å². The zero-order valence-corrected chi connectivity index (χ0v) is 17.3. The molecular weight excluding hydrogens is 342 g/mol. The highest BCUT2D eigenvalue weighted by molar-refractivity contribution is 5.85. The first-order valence-electron chi connectivity index (χ1n) is 9.58. The molecule has 0 fully saturated rings. The zero-order valence-electron chi connectivity index (χ0n) is 16.5. The molecule has 2 aromatic rings. The summed E-state index contributed by atoms with van der Waals surface area (Å²) in [5.74, 6) is 0. The summed E-state index contributed by atoms with van der Waals surface area (Å²) in [7, 11) is 4.28. The first-order chi connectivity index (χ1) is 12.1. The fourth-order valence-electron chi connectivity index (χ4n) is 4.35. The standard InChI is InChI=1S/C23H31NO.ClH/c1-5-22(6-2)20-15-10-11-16-21(20)23(25-22,17-12-18-24(3)4)19-13-8-7-9-14-19;/h7-11,13-16H,5-6,12,17-18H2,1-4H3;1H. The van der Waals surface area contributed by atoms with Crippen molar-refractivity contribution in [1.29, 1.82) is 0 Å². The molecule has 0 aromatic heterocycles. The van der Waals surface area contributed by atoms with Crippen molar-refractivity contribution in [3.63, 3.8) is 0 Å². The van der Waals surface area contributed by atoms with Gasteiger partial charge in [-0.05, 0) is 63.0 Å². The van der Waals surface area contributed by atoms with Gasteiger partial charge in [-0.1, -0.05) is 68.4 Å². The Morgan fingerprint density at radius 2 is 1.42 bits per heavy atom. The van der Waals surface area contributed by atoms with Crippen molar-refractivity contribution < 1.29 is 4.74 Å². The number of fused-ring (bicyclic) bond motifs is 1. The van der Waals surface area contributed by atoms with Gasteiger partial charge >= 0.3 is 0 Å². The van der Waals surface area contributed by atoms with Crippen LogP contribution in [-0.4, -0.2) is 25.5 Å². The van der Waals surface area contributed by atoms with Crippen LogP contribution in [0.4, 0.5) is 0 Å². The summed E-state index contributed by atoms with van der Waals surface area (Å²) in [5.41, 5.74) is 3.52. The van der Waals surface area contributed by atoms with Gasteiger partial charge in [-0.3, -0.25) is 0 Å². The summed E-state index contributed by atoms with van der Waals surface area (Å²) >= 11 is 0. The van der Waals surface area contributed by atoms with Crippen LogP contribution in [0.5, 0.6) is 0 Å². The van der Waals surface area contributed by atoms with E-state index < -0.39 is 0 Å². The van der Waals surface area contributed by atoms with Crippen LogP contribution in [0.1, 0.15) is 56.2 Å². The van der Waals surface area contributed by atoms with Crippen molar-refractivity contribution in [2.45, 2.75) is 50.7 Å².